The van der Waals surface area contributed by atoms with Gasteiger partial charge in [-0.3, -0.25) is 4.57 Å². The predicted octanol–water partition coefficient (Wildman–Crippen LogP) is 20.5. The molecule has 398 valence electrons. The molecule has 0 aliphatic carbocycles. The minimum Gasteiger partial charge on any atom is -0.310 e. The molecule has 2 aromatic heterocycles. The summed E-state index contributed by atoms with van der Waals surface area (Å²) in [4.78, 5) is 20.7. The molecule has 0 spiro atoms. The van der Waals surface area contributed by atoms with E-state index in [1.165, 1.54) is 22.3 Å². The number of aromatic nitrogens is 4. The third kappa shape index (κ3) is 10.4. The van der Waals surface area contributed by atoms with Crippen molar-refractivity contribution in [2.45, 2.75) is 78.6 Å². The van der Waals surface area contributed by atoms with Crippen LogP contribution >= 0.6 is 0 Å². The zero-order valence-corrected chi connectivity index (χ0v) is 47.9. The Kier molecular flexibility index (Phi) is 13.6. The molecule has 0 bridgehead atoms. The molecule has 0 aliphatic rings. The van der Waals surface area contributed by atoms with Crippen molar-refractivity contribution < 1.29 is 0 Å². The SMILES string of the molecule is CC(C)(C)c1ccc(N(c2ccc(-c3nc(-c4ccccc4)nc(-n4c5ccccc5c5ccccc54)n3)cc2)c2cc(C(C)(C)C)cc(N(c3ccc(C(C)(C)C)cc3)c3cccc(-c4ccccc4)c3)c2-c2ccccc2)cc1. The highest BCUT2D eigenvalue weighted by atomic mass is 15.2. The fourth-order valence-corrected chi connectivity index (χ4v) is 11.0. The van der Waals surface area contributed by atoms with Gasteiger partial charge in [0.25, 0.3) is 0 Å². The summed E-state index contributed by atoms with van der Waals surface area (Å²) in [6.07, 6.45) is 0. The van der Waals surface area contributed by atoms with Gasteiger partial charge in [0.1, 0.15) is 0 Å². The van der Waals surface area contributed by atoms with Crippen LogP contribution in [0.25, 0.3) is 72.8 Å². The molecule has 0 amide bonds. The van der Waals surface area contributed by atoms with Crippen LogP contribution in [0, 0.1) is 0 Å². The Morgan fingerprint density at radius 3 is 1.15 bits per heavy atom. The van der Waals surface area contributed by atoms with Crippen molar-refractivity contribution in [2.24, 2.45) is 0 Å². The molecule has 0 aliphatic heterocycles. The van der Waals surface area contributed by atoms with Crippen LogP contribution in [-0.2, 0) is 16.2 Å². The van der Waals surface area contributed by atoms with Crippen LogP contribution in [0.5, 0.6) is 0 Å². The third-order valence-electron chi connectivity index (χ3n) is 15.5. The van der Waals surface area contributed by atoms with Gasteiger partial charge >= 0.3 is 0 Å². The summed E-state index contributed by atoms with van der Waals surface area (Å²) in [5, 5.41) is 2.29. The van der Waals surface area contributed by atoms with Gasteiger partial charge in [-0.2, -0.15) is 9.97 Å². The average molecular weight is 1050 g/mol. The van der Waals surface area contributed by atoms with Gasteiger partial charge in [0, 0.05) is 50.2 Å². The molecule has 6 heteroatoms. The second-order valence-electron chi connectivity index (χ2n) is 24.3. The van der Waals surface area contributed by atoms with Crippen molar-refractivity contribution in [2.75, 3.05) is 9.80 Å². The van der Waals surface area contributed by atoms with E-state index in [4.69, 9.17) is 15.0 Å². The number of nitrogens with zero attached hydrogens (tertiary/aromatic N) is 6. The lowest BCUT2D eigenvalue weighted by Gasteiger charge is -2.36. The number of rotatable bonds is 11. The summed E-state index contributed by atoms with van der Waals surface area (Å²) in [6, 6.07) is 89.8. The van der Waals surface area contributed by atoms with Crippen molar-refractivity contribution in [1.29, 1.82) is 0 Å². The van der Waals surface area contributed by atoms with Crippen molar-refractivity contribution in [1.82, 2.24) is 19.5 Å². The molecule has 12 aromatic rings. The summed E-state index contributed by atoms with van der Waals surface area (Å²) in [6.45, 7) is 20.6. The van der Waals surface area contributed by atoms with Crippen molar-refractivity contribution in [3.8, 4) is 51.0 Å². The Morgan fingerprint density at radius 2 is 0.679 bits per heavy atom. The molecular formula is C75H68N6. The Hall–Kier alpha value is -9.39. The van der Waals surface area contributed by atoms with E-state index in [2.05, 4.69) is 307 Å². The minimum absolute atomic E-state index is 0.0218. The molecule has 0 N–H and O–H groups in total. The van der Waals surface area contributed by atoms with Gasteiger partial charge in [-0.05, 0) is 135 Å². The van der Waals surface area contributed by atoms with E-state index in [9.17, 15) is 0 Å². The Morgan fingerprint density at radius 1 is 0.296 bits per heavy atom. The molecule has 10 aromatic carbocycles. The Balaban J connectivity index is 1.10. The molecule has 6 nitrogen and oxygen atoms in total. The van der Waals surface area contributed by atoms with Gasteiger partial charge in [-0.1, -0.05) is 226 Å². The summed E-state index contributed by atoms with van der Waals surface area (Å²) >= 11 is 0. The second kappa shape index (κ2) is 21.0. The molecule has 81 heavy (non-hydrogen) atoms. The summed E-state index contributed by atoms with van der Waals surface area (Å²) in [7, 11) is 0. The van der Waals surface area contributed by atoms with Crippen LogP contribution < -0.4 is 9.80 Å². The topological polar surface area (TPSA) is 50.1 Å². The van der Waals surface area contributed by atoms with Crippen LogP contribution in [-0.4, -0.2) is 19.5 Å². The number of fused-ring (bicyclic) bond motifs is 3. The summed E-state index contributed by atoms with van der Waals surface area (Å²) < 4.78 is 2.17. The predicted molar refractivity (Wildman–Crippen MR) is 341 cm³/mol. The van der Waals surface area contributed by atoms with E-state index >= 15 is 0 Å². The molecule has 0 saturated carbocycles. The third-order valence-corrected chi connectivity index (χ3v) is 15.5. The molecule has 0 atom stereocenters. The maximum Gasteiger partial charge on any atom is 0.238 e. The highest BCUT2D eigenvalue weighted by Crippen LogP contribution is 2.52. The van der Waals surface area contributed by atoms with Crippen LogP contribution in [0.15, 0.2) is 249 Å². The van der Waals surface area contributed by atoms with Gasteiger partial charge in [0.15, 0.2) is 11.6 Å². The molecule has 0 radical (unpaired) electrons. The fourth-order valence-electron chi connectivity index (χ4n) is 11.0. The number of anilines is 6. The Labute approximate surface area is 477 Å². The van der Waals surface area contributed by atoms with E-state index in [-0.39, 0.29) is 16.2 Å². The lowest BCUT2D eigenvalue weighted by atomic mass is 9.83. The molecule has 0 unspecified atom stereocenters. The maximum atomic E-state index is 5.34. The van der Waals surface area contributed by atoms with Gasteiger partial charge in [0.05, 0.1) is 22.4 Å². The number of para-hydroxylation sites is 2. The zero-order chi connectivity index (χ0) is 56.0. The lowest BCUT2D eigenvalue weighted by molar-refractivity contribution is 0.589. The van der Waals surface area contributed by atoms with E-state index in [1.54, 1.807) is 0 Å². The minimum atomic E-state index is -0.249. The lowest BCUT2D eigenvalue weighted by Crippen LogP contribution is -2.20. The molecule has 12 rings (SSSR count). The van der Waals surface area contributed by atoms with Gasteiger partial charge in [0.2, 0.25) is 5.95 Å². The zero-order valence-electron chi connectivity index (χ0n) is 47.9. The van der Waals surface area contributed by atoms with E-state index in [1.807, 2.05) is 18.2 Å². The van der Waals surface area contributed by atoms with Gasteiger partial charge in [-0.15, -0.1) is 0 Å². The first kappa shape index (κ1) is 52.3. The summed E-state index contributed by atoms with van der Waals surface area (Å²) in [5.41, 5.74) is 18.1. The van der Waals surface area contributed by atoms with Crippen LogP contribution in [0.3, 0.4) is 0 Å². The van der Waals surface area contributed by atoms with Crippen molar-refractivity contribution in [3.05, 3.63) is 265 Å². The largest absolute Gasteiger partial charge is 0.310 e. The quantitative estimate of drug-likeness (QED) is 0.129. The Bertz CT molecular complexity index is 4130. The summed E-state index contributed by atoms with van der Waals surface area (Å²) in [5.74, 6) is 1.75. The molecular weight excluding hydrogens is 985 g/mol. The van der Waals surface area contributed by atoms with Crippen LogP contribution in [0.1, 0.15) is 79.0 Å². The number of hydrogen-bond acceptors (Lipinski definition) is 5. The van der Waals surface area contributed by atoms with Crippen molar-refractivity contribution >= 4 is 55.9 Å². The van der Waals surface area contributed by atoms with Crippen molar-refractivity contribution in [3.63, 3.8) is 0 Å². The van der Waals surface area contributed by atoms with Gasteiger partial charge < -0.3 is 9.80 Å². The van der Waals surface area contributed by atoms with Crippen LogP contribution in [0.4, 0.5) is 34.1 Å². The monoisotopic (exact) mass is 1050 g/mol. The molecule has 0 saturated heterocycles. The second-order valence-corrected chi connectivity index (χ2v) is 24.3. The fraction of sp³-hybridized carbons (Fsp3) is 0.160. The van der Waals surface area contributed by atoms with Crippen LogP contribution in [0.2, 0.25) is 0 Å². The smallest absolute Gasteiger partial charge is 0.238 e. The standard InChI is InChI=1S/C75H68N6/c1-73(2,3)56-38-44-60(45-39-56)79(59-42-36-54(37-43-59)71-76-70(53-28-17-12-18-29-53)77-72(78-71)81-65-34-21-19-32-63(65)64-33-20-22-35-66(64)81)67-49-58(75(7,8)9)50-68(69(67)52-26-15-11-16-27-52)80(61-46-40-57(41-47-61)74(4,5)6)62-31-23-30-55(48-62)51-24-13-10-14-25-51/h10-50H,1-9H3. The highest BCUT2D eigenvalue weighted by molar-refractivity contribution is 6.09. The number of hydrogen-bond donors (Lipinski definition) is 0. The van der Waals surface area contributed by atoms with E-state index in [0.29, 0.717) is 17.6 Å². The first-order valence-corrected chi connectivity index (χ1v) is 28.2. The first-order valence-electron chi connectivity index (χ1n) is 28.2. The molecule has 0 fully saturated rings. The normalized spacial score (nSPS) is 12.0. The first-order chi connectivity index (χ1) is 39.1. The molecule has 2 heterocycles. The maximum absolute atomic E-state index is 5.34. The van der Waals surface area contributed by atoms with E-state index < -0.39 is 0 Å². The highest BCUT2D eigenvalue weighted by Gasteiger charge is 2.30. The number of benzene rings is 10. The average Bonchev–Trinajstić information content (AvgIpc) is 4.12. The van der Waals surface area contributed by atoms with E-state index in [0.717, 1.165) is 83.7 Å². The van der Waals surface area contributed by atoms with Gasteiger partial charge in [-0.25, -0.2) is 4.98 Å².